The Morgan fingerprint density at radius 3 is 2.65 bits per heavy atom. The predicted molar refractivity (Wildman–Crippen MR) is 84.2 cm³/mol. The van der Waals surface area contributed by atoms with Crippen LogP contribution in [0, 0.1) is 5.82 Å². The SMILES string of the molecule is CCOC(=O)NCC=CC(=O)Nc1cc(C(C)=O)c(Cl)cc1F. The van der Waals surface area contributed by atoms with E-state index in [1.807, 2.05) is 0 Å². The maximum atomic E-state index is 13.7. The van der Waals surface area contributed by atoms with Crippen LogP contribution in [0.2, 0.25) is 5.02 Å². The van der Waals surface area contributed by atoms with E-state index in [-0.39, 0.29) is 35.2 Å². The molecule has 0 atom stereocenters. The molecule has 0 aliphatic carbocycles. The number of alkyl carbamates (subject to hydrolysis) is 1. The van der Waals surface area contributed by atoms with Crippen LogP contribution in [0.3, 0.4) is 0 Å². The van der Waals surface area contributed by atoms with Crippen LogP contribution in [-0.2, 0) is 9.53 Å². The Balaban J connectivity index is 2.65. The van der Waals surface area contributed by atoms with E-state index in [4.69, 9.17) is 11.6 Å². The Kier molecular flexibility index (Phi) is 7.21. The third-order valence-electron chi connectivity index (χ3n) is 2.60. The quantitative estimate of drug-likeness (QED) is 0.615. The van der Waals surface area contributed by atoms with Crippen LogP contribution in [0.4, 0.5) is 14.9 Å². The molecule has 1 aromatic carbocycles. The molecule has 0 bridgehead atoms. The van der Waals surface area contributed by atoms with Gasteiger partial charge in [0.2, 0.25) is 5.91 Å². The summed E-state index contributed by atoms with van der Waals surface area (Å²) in [6.07, 6.45) is 1.88. The number of Topliss-reactive ketones (excluding diaryl/α,β-unsaturated/α-hetero) is 1. The van der Waals surface area contributed by atoms with Gasteiger partial charge in [-0.15, -0.1) is 0 Å². The lowest BCUT2D eigenvalue weighted by Gasteiger charge is -2.07. The van der Waals surface area contributed by atoms with Gasteiger partial charge in [0.05, 0.1) is 17.3 Å². The summed E-state index contributed by atoms with van der Waals surface area (Å²) in [6, 6.07) is 2.13. The highest BCUT2D eigenvalue weighted by Gasteiger charge is 2.13. The molecule has 1 aromatic rings. The molecule has 0 unspecified atom stereocenters. The van der Waals surface area contributed by atoms with Gasteiger partial charge in [-0.05, 0) is 26.0 Å². The normalized spacial score (nSPS) is 10.4. The highest BCUT2D eigenvalue weighted by Crippen LogP contribution is 2.24. The van der Waals surface area contributed by atoms with Gasteiger partial charge in [-0.1, -0.05) is 17.7 Å². The van der Waals surface area contributed by atoms with Crippen molar-refractivity contribution in [2.45, 2.75) is 13.8 Å². The molecule has 0 heterocycles. The first-order valence-corrected chi connectivity index (χ1v) is 7.11. The van der Waals surface area contributed by atoms with Gasteiger partial charge < -0.3 is 15.4 Å². The molecule has 124 valence electrons. The van der Waals surface area contributed by atoms with E-state index in [9.17, 15) is 18.8 Å². The summed E-state index contributed by atoms with van der Waals surface area (Å²) >= 11 is 5.75. The third kappa shape index (κ3) is 6.07. The van der Waals surface area contributed by atoms with E-state index >= 15 is 0 Å². The van der Waals surface area contributed by atoms with Crippen molar-refractivity contribution in [1.29, 1.82) is 0 Å². The van der Waals surface area contributed by atoms with Crippen molar-refractivity contribution in [2.24, 2.45) is 0 Å². The Bertz CT molecular complexity index is 647. The molecule has 0 saturated heterocycles. The summed E-state index contributed by atoms with van der Waals surface area (Å²) in [4.78, 5) is 34.0. The molecule has 0 spiro atoms. The summed E-state index contributed by atoms with van der Waals surface area (Å²) in [5, 5.41) is 4.65. The first-order valence-electron chi connectivity index (χ1n) is 6.73. The van der Waals surface area contributed by atoms with Crippen molar-refractivity contribution in [3.63, 3.8) is 0 Å². The summed E-state index contributed by atoms with van der Waals surface area (Å²) < 4.78 is 18.4. The Labute approximate surface area is 137 Å². The number of ketones is 1. The largest absolute Gasteiger partial charge is 0.450 e. The van der Waals surface area contributed by atoms with Gasteiger partial charge in [0.1, 0.15) is 5.82 Å². The average molecular weight is 343 g/mol. The van der Waals surface area contributed by atoms with Gasteiger partial charge >= 0.3 is 6.09 Å². The van der Waals surface area contributed by atoms with E-state index in [2.05, 4.69) is 15.4 Å². The number of amides is 2. The lowest BCUT2D eigenvalue weighted by Crippen LogP contribution is -2.24. The van der Waals surface area contributed by atoms with Crippen LogP contribution < -0.4 is 10.6 Å². The lowest BCUT2D eigenvalue weighted by atomic mass is 10.1. The number of ether oxygens (including phenoxy) is 1. The number of nitrogens with one attached hydrogen (secondary N) is 2. The van der Waals surface area contributed by atoms with Crippen molar-refractivity contribution in [1.82, 2.24) is 5.32 Å². The standard InChI is InChI=1S/C15H16ClFN2O4/c1-3-23-15(22)18-6-4-5-14(21)19-13-7-10(9(2)20)11(16)8-12(13)17/h4-5,7-8H,3,6H2,1-2H3,(H,18,22)(H,19,21). The van der Waals surface area contributed by atoms with Crippen LogP contribution in [0.15, 0.2) is 24.3 Å². The smallest absolute Gasteiger partial charge is 0.407 e. The predicted octanol–water partition coefficient (Wildman–Crippen LogP) is 2.92. The van der Waals surface area contributed by atoms with E-state index in [0.29, 0.717) is 0 Å². The van der Waals surface area contributed by atoms with Gasteiger partial charge in [0, 0.05) is 18.2 Å². The molecule has 0 aliphatic heterocycles. The second-order valence-electron chi connectivity index (χ2n) is 4.36. The number of rotatable bonds is 6. The number of carbonyl (C=O) groups excluding carboxylic acids is 3. The fourth-order valence-corrected chi connectivity index (χ4v) is 1.86. The van der Waals surface area contributed by atoms with Crippen LogP contribution in [-0.4, -0.2) is 30.9 Å². The van der Waals surface area contributed by atoms with Gasteiger partial charge in [0.25, 0.3) is 0 Å². The van der Waals surface area contributed by atoms with E-state index in [1.165, 1.54) is 19.1 Å². The van der Waals surface area contributed by atoms with Crippen LogP contribution in [0.5, 0.6) is 0 Å². The number of benzene rings is 1. The third-order valence-corrected chi connectivity index (χ3v) is 2.92. The first-order chi connectivity index (χ1) is 10.8. The molecular formula is C15H16ClFN2O4. The molecule has 23 heavy (non-hydrogen) atoms. The Hall–Kier alpha value is -2.41. The van der Waals surface area contributed by atoms with Crippen molar-refractivity contribution < 1.29 is 23.5 Å². The number of carbonyl (C=O) groups is 3. The molecule has 2 amide bonds. The molecule has 2 N–H and O–H groups in total. The van der Waals surface area contributed by atoms with Gasteiger partial charge in [-0.3, -0.25) is 9.59 Å². The molecule has 0 aliphatic rings. The minimum Gasteiger partial charge on any atom is -0.450 e. The monoisotopic (exact) mass is 342 g/mol. The lowest BCUT2D eigenvalue weighted by molar-refractivity contribution is -0.111. The summed E-state index contributed by atoms with van der Waals surface area (Å²) in [5.74, 6) is -1.72. The fourth-order valence-electron chi connectivity index (χ4n) is 1.58. The van der Waals surface area contributed by atoms with E-state index in [0.717, 1.165) is 12.1 Å². The first kappa shape index (κ1) is 18.6. The molecule has 1 rings (SSSR count). The number of hydrogen-bond acceptors (Lipinski definition) is 4. The van der Waals surface area contributed by atoms with Crippen molar-refractivity contribution >= 4 is 35.1 Å². The van der Waals surface area contributed by atoms with Gasteiger partial charge in [-0.25, -0.2) is 9.18 Å². The Morgan fingerprint density at radius 1 is 1.35 bits per heavy atom. The summed E-state index contributed by atoms with van der Waals surface area (Å²) in [6.45, 7) is 3.27. The van der Waals surface area contributed by atoms with Crippen LogP contribution >= 0.6 is 11.6 Å². The fraction of sp³-hybridized carbons (Fsp3) is 0.267. The molecule has 8 heteroatoms. The van der Waals surface area contributed by atoms with Crippen LogP contribution in [0.1, 0.15) is 24.2 Å². The number of hydrogen-bond donors (Lipinski definition) is 2. The maximum Gasteiger partial charge on any atom is 0.407 e. The molecular weight excluding hydrogens is 327 g/mol. The van der Waals surface area contributed by atoms with Crippen molar-refractivity contribution in [3.05, 3.63) is 40.7 Å². The topological polar surface area (TPSA) is 84.5 Å². The second-order valence-corrected chi connectivity index (χ2v) is 4.77. The highest BCUT2D eigenvalue weighted by molar-refractivity contribution is 6.34. The van der Waals surface area contributed by atoms with E-state index < -0.39 is 17.8 Å². The molecule has 0 aromatic heterocycles. The van der Waals surface area contributed by atoms with Gasteiger partial charge in [0.15, 0.2) is 5.78 Å². The maximum absolute atomic E-state index is 13.7. The zero-order valence-electron chi connectivity index (χ0n) is 12.6. The van der Waals surface area contributed by atoms with E-state index in [1.54, 1.807) is 6.92 Å². The molecule has 0 saturated carbocycles. The summed E-state index contributed by atoms with van der Waals surface area (Å²) in [5.41, 5.74) is -0.0519. The molecule has 0 fully saturated rings. The number of anilines is 1. The zero-order valence-corrected chi connectivity index (χ0v) is 13.4. The van der Waals surface area contributed by atoms with Crippen LogP contribution in [0.25, 0.3) is 0 Å². The second kappa shape index (κ2) is 8.89. The zero-order chi connectivity index (χ0) is 17.4. The van der Waals surface area contributed by atoms with Gasteiger partial charge in [-0.2, -0.15) is 0 Å². The molecule has 0 radical (unpaired) electrons. The minimum absolute atomic E-state index is 0.0258. The summed E-state index contributed by atoms with van der Waals surface area (Å²) in [7, 11) is 0. The highest BCUT2D eigenvalue weighted by atomic mass is 35.5. The molecule has 6 nitrogen and oxygen atoms in total. The average Bonchev–Trinajstić information content (AvgIpc) is 2.46. The minimum atomic E-state index is -0.758. The Morgan fingerprint density at radius 2 is 2.04 bits per heavy atom. The number of halogens is 2. The van der Waals surface area contributed by atoms with Crippen molar-refractivity contribution in [2.75, 3.05) is 18.5 Å². The van der Waals surface area contributed by atoms with Crippen molar-refractivity contribution in [3.8, 4) is 0 Å².